The van der Waals surface area contributed by atoms with Crippen LogP contribution < -0.4 is 5.32 Å². The number of likely N-dealkylation sites (tertiary alicyclic amines) is 1. The van der Waals surface area contributed by atoms with Crippen molar-refractivity contribution in [1.29, 1.82) is 0 Å². The molecule has 1 aliphatic rings. The first kappa shape index (κ1) is 17.9. The molecule has 0 unspecified atom stereocenters. The summed E-state index contributed by atoms with van der Waals surface area (Å²) in [6, 6.07) is 4.42. The molecule has 1 heterocycles. The van der Waals surface area contributed by atoms with E-state index in [4.69, 9.17) is 16.3 Å². The lowest BCUT2D eigenvalue weighted by Gasteiger charge is -2.33. The molecule has 23 heavy (non-hydrogen) atoms. The van der Waals surface area contributed by atoms with Crippen LogP contribution in [0.2, 0.25) is 5.02 Å². The SMILES string of the molecule is CC(C)(C)OC(=O)N1CCC(CNc2cc(F)cc(Cl)c2)CC1. The molecule has 4 nitrogen and oxygen atoms in total. The summed E-state index contributed by atoms with van der Waals surface area (Å²) in [5, 5.41) is 3.60. The van der Waals surface area contributed by atoms with Gasteiger partial charge in [-0.3, -0.25) is 0 Å². The third kappa shape index (κ3) is 5.90. The van der Waals surface area contributed by atoms with E-state index in [0.29, 0.717) is 29.7 Å². The molecular weight excluding hydrogens is 319 g/mol. The summed E-state index contributed by atoms with van der Waals surface area (Å²) in [7, 11) is 0. The Morgan fingerprint density at radius 1 is 1.35 bits per heavy atom. The van der Waals surface area contributed by atoms with Gasteiger partial charge >= 0.3 is 6.09 Å². The van der Waals surface area contributed by atoms with Crippen molar-refractivity contribution in [2.45, 2.75) is 39.2 Å². The summed E-state index contributed by atoms with van der Waals surface area (Å²) < 4.78 is 18.7. The number of hydrogen-bond acceptors (Lipinski definition) is 3. The molecule has 0 radical (unpaired) electrons. The van der Waals surface area contributed by atoms with Crippen LogP contribution in [-0.4, -0.2) is 36.2 Å². The van der Waals surface area contributed by atoms with E-state index in [-0.39, 0.29) is 11.9 Å². The largest absolute Gasteiger partial charge is 0.444 e. The van der Waals surface area contributed by atoms with Crippen molar-refractivity contribution in [1.82, 2.24) is 4.90 Å². The summed E-state index contributed by atoms with van der Waals surface area (Å²) in [4.78, 5) is 13.8. The Kier molecular flexibility index (Phi) is 5.74. The second kappa shape index (κ2) is 7.39. The van der Waals surface area contributed by atoms with Crippen molar-refractivity contribution in [3.63, 3.8) is 0 Å². The highest BCUT2D eigenvalue weighted by Crippen LogP contribution is 2.22. The van der Waals surface area contributed by atoms with Gasteiger partial charge in [0.25, 0.3) is 0 Å². The molecule has 0 spiro atoms. The number of anilines is 1. The third-order valence-electron chi connectivity index (χ3n) is 3.72. The van der Waals surface area contributed by atoms with Crippen LogP contribution in [0.3, 0.4) is 0 Å². The van der Waals surface area contributed by atoms with Crippen molar-refractivity contribution in [3.05, 3.63) is 29.0 Å². The Morgan fingerprint density at radius 3 is 2.57 bits per heavy atom. The van der Waals surface area contributed by atoms with Crippen LogP contribution in [0.1, 0.15) is 33.6 Å². The topological polar surface area (TPSA) is 41.6 Å². The minimum Gasteiger partial charge on any atom is -0.444 e. The average Bonchev–Trinajstić information content (AvgIpc) is 2.43. The fourth-order valence-corrected chi connectivity index (χ4v) is 2.79. The molecule has 0 atom stereocenters. The second-order valence-corrected chi connectivity index (χ2v) is 7.39. The fourth-order valence-electron chi connectivity index (χ4n) is 2.56. The maximum Gasteiger partial charge on any atom is 0.410 e. The molecule has 1 aromatic carbocycles. The smallest absolute Gasteiger partial charge is 0.410 e. The first-order chi connectivity index (χ1) is 10.7. The molecule has 1 fully saturated rings. The molecule has 0 aromatic heterocycles. The van der Waals surface area contributed by atoms with Crippen molar-refractivity contribution in [2.75, 3.05) is 25.0 Å². The molecule has 0 saturated carbocycles. The molecular formula is C17H24ClFN2O2. The summed E-state index contributed by atoms with van der Waals surface area (Å²) in [6.07, 6.45) is 1.55. The average molecular weight is 343 g/mol. The number of carbonyl (C=O) groups excluding carboxylic acids is 1. The van der Waals surface area contributed by atoms with Gasteiger partial charge in [0.05, 0.1) is 0 Å². The first-order valence-electron chi connectivity index (χ1n) is 7.91. The van der Waals surface area contributed by atoms with Gasteiger partial charge in [-0.05, 0) is 57.7 Å². The Hall–Kier alpha value is -1.49. The van der Waals surface area contributed by atoms with Gasteiger partial charge in [0.2, 0.25) is 0 Å². The van der Waals surface area contributed by atoms with Crippen molar-refractivity contribution in [2.24, 2.45) is 5.92 Å². The van der Waals surface area contributed by atoms with E-state index in [1.807, 2.05) is 20.8 Å². The normalized spacial score (nSPS) is 16.3. The van der Waals surface area contributed by atoms with Crippen molar-refractivity contribution < 1.29 is 13.9 Å². The molecule has 1 aromatic rings. The number of rotatable bonds is 3. The van der Waals surface area contributed by atoms with Gasteiger partial charge in [-0.1, -0.05) is 11.6 Å². The maximum atomic E-state index is 13.3. The molecule has 1 aliphatic heterocycles. The maximum absolute atomic E-state index is 13.3. The van der Waals surface area contributed by atoms with E-state index in [1.165, 1.54) is 12.1 Å². The van der Waals surface area contributed by atoms with Gasteiger partial charge in [-0.15, -0.1) is 0 Å². The van der Waals surface area contributed by atoms with Crippen LogP contribution in [0, 0.1) is 11.7 Å². The Bertz CT molecular complexity index is 532. The number of benzene rings is 1. The number of ether oxygens (including phenoxy) is 1. The number of amides is 1. The van der Waals surface area contributed by atoms with Gasteiger partial charge in [0, 0.05) is 30.3 Å². The van der Waals surface area contributed by atoms with E-state index < -0.39 is 5.60 Å². The number of nitrogens with one attached hydrogen (secondary N) is 1. The number of hydrogen-bond donors (Lipinski definition) is 1. The third-order valence-corrected chi connectivity index (χ3v) is 3.94. The standard InChI is InChI=1S/C17H24ClFN2O2/c1-17(2,3)23-16(22)21-6-4-12(5-7-21)11-20-15-9-13(18)8-14(19)10-15/h8-10,12,20H,4-7,11H2,1-3H3. The summed E-state index contributed by atoms with van der Waals surface area (Å²) in [5.74, 6) is 0.0930. The quantitative estimate of drug-likeness (QED) is 0.876. The fraction of sp³-hybridized carbons (Fsp3) is 0.588. The number of nitrogens with zero attached hydrogens (tertiary/aromatic N) is 1. The lowest BCUT2D eigenvalue weighted by Crippen LogP contribution is -2.42. The van der Waals surface area contributed by atoms with E-state index in [0.717, 1.165) is 19.4 Å². The molecule has 0 bridgehead atoms. The van der Waals surface area contributed by atoms with Crippen LogP contribution in [0.4, 0.5) is 14.9 Å². The van der Waals surface area contributed by atoms with Gasteiger partial charge in [0.15, 0.2) is 0 Å². The molecule has 128 valence electrons. The monoisotopic (exact) mass is 342 g/mol. The second-order valence-electron chi connectivity index (χ2n) is 6.95. The predicted molar refractivity (Wildman–Crippen MR) is 90.4 cm³/mol. The predicted octanol–water partition coefficient (Wildman–Crippen LogP) is 4.54. The highest BCUT2D eigenvalue weighted by Gasteiger charge is 2.26. The first-order valence-corrected chi connectivity index (χ1v) is 8.28. The van der Waals surface area contributed by atoms with Gasteiger partial charge < -0.3 is 15.0 Å². The molecule has 2 rings (SSSR count). The molecule has 1 saturated heterocycles. The van der Waals surface area contributed by atoms with Crippen LogP contribution in [0.15, 0.2) is 18.2 Å². The van der Waals surface area contributed by atoms with Crippen LogP contribution in [0.25, 0.3) is 0 Å². The summed E-state index contributed by atoms with van der Waals surface area (Å²) in [6.45, 7) is 7.71. The Labute approximate surface area is 141 Å². The minimum absolute atomic E-state index is 0.249. The lowest BCUT2D eigenvalue weighted by atomic mass is 9.97. The molecule has 1 amide bonds. The van der Waals surface area contributed by atoms with Crippen LogP contribution >= 0.6 is 11.6 Å². The zero-order chi connectivity index (χ0) is 17.0. The molecule has 6 heteroatoms. The highest BCUT2D eigenvalue weighted by atomic mass is 35.5. The van der Waals surface area contributed by atoms with E-state index in [1.54, 1.807) is 11.0 Å². The van der Waals surface area contributed by atoms with Crippen LogP contribution in [-0.2, 0) is 4.74 Å². The van der Waals surface area contributed by atoms with Crippen molar-refractivity contribution in [3.8, 4) is 0 Å². The minimum atomic E-state index is -0.466. The van der Waals surface area contributed by atoms with Gasteiger partial charge in [-0.2, -0.15) is 0 Å². The van der Waals surface area contributed by atoms with Gasteiger partial charge in [0.1, 0.15) is 11.4 Å². The number of carbonyl (C=O) groups is 1. The van der Waals surface area contributed by atoms with E-state index >= 15 is 0 Å². The zero-order valence-electron chi connectivity index (χ0n) is 13.9. The Balaban J connectivity index is 1.77. The summed E-state index contributed by atoms with van der Waals surface area (Å²) in [5.41, 5.74) is 0.219. The zero-order valence-corrected chi connectivity index (χ0v) is 14.6. The molecule has 0 aliphatic carbocycles. The van der Waals surface area contributed by atoms with E-state index in [9.17, 15) is 9.18 Å². The number of halogens is 2. The molecule has 1 N–H and O–H groups in total. The van der Waals surface area contributed by atoms with Crippen molar-refractivity contribution >= 4 is 23.4 Å². The van der Waals surface area contributed by atoms with Gasteiger partial charge in [-0.25, -0.2) is 9.18 Å². The number of piperidine rings is 1. The summed E-state index contributed by atoms with van der Waals surface area (Å²) >= 11 is 5.84. The van der Waals surface area contributed by atoms with E-state index in [2.05, 4.69) is 5.32 Å². The Morgan fingerprint density at radius 2 is 2.00 bits per heavy atom. The van der Waals surface area contributed by atoms with Crippen LogP contribution in [0.5, 0.6) is 0 Å². The highest BCUT2D eigenvalue weighted by molar-refractivity contribution is 6.30. The lowest BCUT2D eigenvalue weighted by molar-refractivity contribution is 0.0188.